The largest absolute Gasteiger partial charge is 0.462 e. The second kappa shape index (κ2) is 52.2. The number of allylic oxidation sites excluding steroid dienone is 14. The van der Waals surface area contributed by atoms with Crippen LogP contribution in [0.4, 0.5) is 0 Å². The summed E-state index contributed by atoms with van der Waals surface area (Å²) in [6.07, 6.45) is 67.2. The van der Waals surface area contributed by atoms with E-state index in [0.717, 1.165) is 83.5 Å². The van der Waals surface area contributed by atoms with Crippen molar-refractivity contribution in [1.82, 2.24) is 0 Å². The lowest BCUT2D eigenvalue weighted by molar-refractivity contribution is -0.166. The Morgan fingerprint density at radius 3 is 1.03 bits per heavy atom. The Morgan fingerprint density at radius 1 is 0.328 bits per heavy atom. The van der Waals surface area contributed by atoms with Crippen molar-refractivity contribution in [2.45, 2.75) is 252 Å². The SMILES string of the molecule is CC/C=C\C/C=C\C/C=C\C/C=C\C/C=C\CCC(=O)OC(COC(=O)CCCCC/C=C\CCCCCCCC)COC(=O)CCCCCCCCC/C=C\CCCCCCCC. The van der Waals surface area contributed by atoms with Gasteiger partial charge >= 0.3 is 17.9 Å². The summed E-state index contributed by atoms with van der Waals surface area (Å²) in [6, 6.07) is 0. The molecule has 6 nitrogen and oxygen atoms in total. The quantitative estimate of drug-likeness (QED) is 0.0262. The molecule has 1 atom stereocenters. The Kier molecular flexibility index (Phi) is 49.4. The van der Waals surface area contributed by atoms with Crippen LogP contribution in [-0.4, -0.2) is 37.2 Å². The molecule has 0 saturated heterocycles. The van der Waals surface area contributed by atoms with E-state index in [1.165, 1.54) is 116 Å². The van der Waals surface area contributed by atoms with Gasteiger partial charge in [0.2, 0.25) is 0 Å². The fourth-order valence-electron chi connectivity index (χ4n) is 7.13. The molecule has 0 bridgehead atoms. The van der Waals surface area contributed by atoms with E-state index in [1.54, 1.807) is 0 Å². The van der Waals surface area contributed by atoms with Gasteiger partial charge in [-0.05, 0) is 103 Å². The van der Waals surface area contributed by atoms with Crippen molar-refractivity contribution in [2.24, 2.45) is 0 Å². The van der Waals surface area contributed by atoms with Crippen molar-refractivity contribution < 1.29 is 28.6 Å². The van der Waals surface area contributed by atoms with Gasteiger partial charge in [0.25, 0.3) is 0 Å². The fourth-order valence-corrected chi connectivity index (χ4v) is 7.13. The lowest BCUT2D eigenvalue weighted by Gasteiger charge is -2.18. The van der Waals surface area contributed by atoms with Crippen LogP contribution < -0.4 is 0 Å². The number of rotatable bonds is 47. The molecule has 0 aliphatic carbocycles. The second-order valence-electron chi connectivity index (χ2n) is 17.4. The number of unbranched alkanes of at least 4 members (excludes halogenated alkanes) is 22. The summed E-state index contributed by atoms with van der Waals surface area (Å²) in [5, 5.41) is 0. The third-order valence-electron chi connectivity index (χ3n) is 11.1. The highest BCUT2D eigenvalue weighted by Crippen LogP contribution is 2.13. The maximum Gasteiger partial charge on any atom is 0.306 e. The first kappa shape index (κ1) is 60.6. The van der Waals surface area contributed by atoms with Gasteiger partial charge in [-0.1, -0.05) is 209 Å². The standard InChI is InChI=1S/C58H98O6/c1-4-7-10-13-16-19-22-25-27-29-31-33-36-39-42-45-48-51-57(60)63-54-55(53-62-56(59)50-47-44-41-38-35-32-24-21-18-15-12-9-6-3)64-58(61)52-49-46-43-40-37-34-30-28-26-23-20-17-14-11-8-5-2/h8,11,17,20,25-28,32,34-35,37,43,46,55H,4-7,9-10,12-16,18-19,21-24,29-31,33,36,38-42,44-45,47-54H2,1-3H3/b11-8-,20-17-,27-25-,28-26-,35-32-,37-34-,46-43-. The predicted molar refractivity (Wildman–Crippen MR) is 274 cm³/mol. The van der Waals surface area contributed by atoms with E-state index in [2.05, 4.69) is 93.7 Å². The van der Waals surface area contributed by atoms with E-state index in [9.17, 15) is 14.4 Å². The van der Waals surface area contributed by atoms with Gasteiger partial charge in [0.1, 0.15) is 13.2 Å². The van der Waals surface area contributed by atoms with E-state index in [1.807, 2.05) is 12.2 Å². The first-order valence-corrected chi connectivity index (χ1v) is 26.6. The first-order chi connectivity index (χ1) is 31.5. The minimum absolute atomic E-state index is 0.113. The Balaban J connectivity index is 4.50. The van der Waals surface area contributed by atoms with Gasteiger partial charge in [0.05, 0.1) is 0 Å². The lowest BCUT2D eigenvalue weighted by Crippen LogP contribution is -2.30. The van der Waals surface area contributed by atoms with Crippen LogP contribution in [0.2, 0.25) is 0 Å². The van der Waals surface area contributed by atoms with Crippen molar-refractivity contribution in [3.8, 4) is 0 Å². The monoisotopic (exact) mass is 891 g/mol. The number of hydrogen-bond donors (Lipinski definition) is 0. The van der Waals surface area contributed by atoms with Crippen molar-refractivity contribution >= 4 is 17.9 Å². The van der Waals surface area contributed by atoms with Crippen LogP contribution in [0.1, 0.15) is 245 Å². The maximum atomic E-state index is 12.8. The number of ether oxygens (including phenoxy) is 3. The maximum absolute atomic E-state index is 12.8. The topological polar surface area (TPSA) is 78.9 Å². The lowest BCUT2D eigenvalue weighted by atomic mass is 10.1. The summed E-state index contributed by atoms with van der Waals surface area (Å²) in [5.41, 5.74) is 0. The predicted octanol–water partition coefficient (Wildman–Crippen LogP) is 17.6. The molecule has 0 aromatic rings. The van der Waals surface area contributed by atoms with Crippen LogP contribution in [0.25, 0.3) is 0 Å². The van der Waals surface area contributed by atoms with Gasteiger partial charge in [0, 0.05) is 19.3 Å². The normalized spacial score (nSPS) is 12.7. The molecule has 0 spiro atoms. The minimum Gasteiger partial charge on any atom is -0.462 e. The summed E-state index contributed by atoms with van der Waals surface area (Å²) < 4.78 is 16.7. The van der Waals surface area contributed by atoms with Crippen molar-refractivity contribution in [3.63, 3.8) is 0 Å². The van der Waals surface area contributed by atoms with Crippen LogP contribution in [0.5, 0.6) is 0 Å². The van der Waals surface area contributed by atoms with Gasteiger partial charge in [-0.25, -0.2) is 0 Å². The molecule has 0 amide bonds. The van der Waals surface area contributed by atoms with E-state index in [0.29, 0.717) is 19.3 Å². The van der Waals surface area contributed by atoms with Crippen LogP contribution in [-0.2, 0) is 28.6 Å². The molecule has 0 radical (unpaired) electrons. The molecule has 1 unspecified atom stereocenters. The number of carbonyl (C=O) groups is 3. The molecular weight excluding hydrogens is 793 g/mol. The molecule has 0 aliphatic rings. The fraction of sp³-hybridized carbons (Fsp3) is 0.707. The summed E-state index contributed by atoms with van der Waals surface area (Å²) in [4.78, 5) is 38.0. The Morgan fingerprint density at radius 2 is 0.641 bits per heavy atom. The Hall–Kier alpha value is -3.41. The average Bonchev–Trinajstić information content (AvgIpc) is 3.29. The highest BCUT2D eigenvalue weighted by molar-refractivity contribution is 5.71. The number of esters is 3. The third kappa shape index (κ3) is 49.6. The zero-order valence-electron chi connectivity index (χ0n) is 41.8. The molecule has 0 aromatic carbocycles. The average molecular weight is 891 g/mol. The molecule has 0 aromatic heterocycles. The van der Waals surface area contributed by atoms with Crippen molar-refractivity contribution in [1.29, 1.82) is 0 Å². The van der Waals surface area contributed by atoms with Crippen LogP contribution in [0, 0.1) is 0 Å². The molecule has 0 N–H and O–H groups in total. The zero-order chi connectivity index (χ0) is 46.5. The van der Waals surface area contributed by atoms with E-state index >= 15 is 0 Å². The molecule has 0 aliphatic heterocycles. The molecule has 0 saturated carbocycles. The third-order valence-corrected chi connectivity index (χ3v) is 11.1. The van der Waals surface area contributed by atoms with Gasteiger partial charge in [-0.15, -0.1) is 0 Å². The van der Waals surface area contributed by atoms with E-state index in [-0.39, 0.29) is 31.6 Å². The van der Waals surface area contributed by atoms with Crippen LogP contribution >= 0.6 is 0 Å². The second-order valence-corrected chi connectivity index (χ2v) is 17.4. The van der Waals surface area contributed by atoms with Crippen molar-refractivity contribution in [2.75, 3.05) is 13.2 Å². The smallest absolute Gasteiger partial charge is 0.306 e. The minimum atomic E-state index is -0.823. The van der Waals surface area contributed by atoms with E-state index < -0.39 is 12.1 Å². The summed E-state index contributed by atoms with van der Waals surface area (Å²) in [5.74, 6) is -1.02. The van der Waals surface area contributed by atoms with Gasteiger partial charge in [0.15, 0.2) is 6.10 Å². The van der Waals surface area contributed by atoms with Gasteiger partial charge in [-0.3, -0.25) is 14.4 Å². The van der Waals surface area contributed by atoms with E-state index in [4.69, 9.17) is 14.2 Å². The summed E-state index contributed by atoms with van der Waals surface area (Å²) in [6.45, 7) is 6.43. The molecule has 0 fully saturated rings. The molecule has 0 heterocycles. The highest BCUT2D eigenvalue weighted by Gasteiger charge is 2.19. The number of hydrogen-bond acceptors (Lipinski definition) is 6. The Labute approximate surface area is 395 Å². The molecule has 6 heteroatoms. The molecule has 0 rings (SSSR count). The highest BCUT2D eigenvalue weighted by atomic mass is 16.6. The van der Waals surface area contributed by atoms with Crippen LogP contribution in [0.3, 0.4) is 0 Å². The molecule has 366 valence electrons. The van der Waals surface area contributed by atoms with Gasteiger partial charge in [-0.2, -0.15) is 0 Å². The Bertz CT molecular complexity index is 1250. The van der Waals surface area contributed by atoms with Crippen LogP contribution in [0.15, 0.2) is 85.1 Å². The number of carbonyl (C=O) groups excluding carboxylic acids is 3. The summed E-state index contributed by atoms with van der Waals surface area (Å²) >= 11 is 0. The first-order valence-electron chi connectivity index (χ1n) is 26.6. The van der Waals surface area contributed by atoms with Gasteiger partial charge < -0.3 is 14.2 Å². The molecular formula is C58H98O6. The molecule has 64 heavy (non-hydrogen) atoms. The summed E-state index contributed by atoms with van der Waals surface area (Å²) in [7, 11) is 0. The van der Waals surface area contributed by atoms with Crippen molar-refractivity contribution in [3.05, 3.63) is 85.1 Å². The zero-order valence-corrected chi connectivity index (χ0v) is 41.8.